The van der Waals surface area contributed by atoms with Gasteiger partial charge in [-0.05, 0) is 73.6 Å². The summed E-state index contributed by atoms with van der Waals surface area (Å²) in [7, 11) is -2.44. The molecule has 0 radical (unpaired) electrons. The molecule has 0 spiro atoms. The van der Waals surface area contributed by atoms with Crippen LogP contribution in [0.4, 0.5) is 16.2 Å². The summed E-state index contributed by atoms with van der Waals surface area (Å²) < 4.78 is 37.1. The van der Waals surface area contributed by atoms with Crippen LogP contribution in [0.15, 0.2) is 18.5 Å². The standard InChI is InChI=1S/C22H29N5O4S/c1-26-13-17(12-23-26)27(14-18-7-4-10-31-18)32(29,30)25-22(28)24-21-19-8-2-5-15(19)11-16-6-3-9-20(16)21/h11-13,18H,2-10,14H2,1H3,(H2,24,25,28). The number of nitrogens with one attached hydrogen (secondary N) is 2. The minimum Gasteiger partial charge on any atom is -0.376 e. The number of aromatic nitrogens is 2. The summed E-state index contributed by atoms with van der Waals surface area (Å²) >= 11 is 0. The van der Waals surface area contributed by atoms with E-state index >= 15 is 0 Å². The van der Waals surface area contributed by atoms with E-state index in [9.17, 15) is 13.2 Å². The van der Waals surface area contributed by atoms with Crippen LogP contribution in [0.2, 0.25) is 0 Å². The van der Waals surface area contributed by atoms with Crippen molar-refractivity contribution in [2.24, 2.45) is 7.05 Å². The van der Waals surface area contributed by atoms with Crippen molar-refractivity contribution < 1.29 is 17.9 Å². The molecule has 32 heavy (non-hydrogen) atoms. The first kappa shape index (κ1) is 21.3. The van der Waals surface area contributed by atoms with Crippen molar-refractivity contribution in [2.45, 2.75) is 57.5 Å². The molecule has 3 aliphatic rings. The predicted octanol–water partition coefficient (Wildman–Crippen LogP) is 2.45. The third-order valence-electron chi connectivity index (χ3n) is 6.60. The van der Waals surface area contributed by atoms with E-state index in [1.54, 1.807) is 13.2 Å². The van der Waals surface area contributed by atoms with E-state index in [1.165, 1.54) is 26.3 Å². The average Bonchev–Trinajstić information content (AvgIpc) is 3.52. The van der Waals surface area contributed by atoms with Gasteiger partial charge < -0.3 is 10.1 Å². The van der Waals surface area contributed by atoms with Crippen molar-refractivity contribution in [3.63, 3.8) is 0 Å². The highest BCUT2D eigenvalue weighted by Gasteiger charge is 2.31. The van der Waals surface area contributed by atoms with Crippen LogP contribution in [0.5, 0.6) is 0 Å². The predicted molar refractivity (Wildman–Crippen MR) is 121 cm³/mol. The lowest BCUT2D eigenvalue weighted by Crippen LogP contribution is -2.48. The Bertz CT molecular complexity index is 1110. The van der Waals surface area contributed by atoms with Crippen LogP contribution >= 0.6 is 0 Å². The number of benzene rings is 1. The zero-order valence-electron chi connectivity index (χ0n) is 18.3. The van der Waals surface area contributed by atoms with Crippen molar-refractivity contribution in [2.75, 3.05) is 22.8 Å². The van der Waals surface area contributed by atoms with Gasteiger partial charge >= 0.3 is 16.2 Å². The first-order chi connectivity index (χ1) is 15.4. The van der Waals surface area contributed by atoms with Gasteiger partial charge in [-0.3, -0.25) is 4.68 Å². The number of rotatable bonds is 6. The minimum absolute atomic E-state index is 0.129. The number of carbonyl (C=O) groups is 1. The Morgan fingerprint density at radius 1 is 1.19 bits per heavy atom. The molecule has 2 amide bonds. The number of amides is 2. The van der Waals surface area contributed by atoms with Crippen LogP contribution in [-0.4, -0.2) is 43.5 Å². The Kier molecular flexibility index (Phi) is 5.58. The third-order valence-corrected chi connectivity index (χ3v) is 7.98. The number of anilines is 2. The van der Waals surface area contributed by atoms with Crippen LogP contribution < -0.4 is 14.3 Å². The molecule has 1 atom stereocenters. The van der Waals surface area contributed by atoms with E-state index in [-0.39, 0.29) is 12.6 Å². The highest BCUT2D eigenvalue weighted by Crippen LogP contribution is 2.38. The fraction of sp³-hybridized carbons (Fsp3) is 0.545. The molecule has 1 unspecified atom stereocenters. The molecule has 1 aromatic heterocycles. The van der Waals surface area contributed by atoms with Crippen molar-refractivity contribution in [1.29, 1.82) is 0 Å². The summed E-state index contributed by atoms with van der Waals surface area (Å²) in [5, 5.41) is 6.99. The summed E-state index contributed by atoms with van der Waals surface area (Å²) in [5.41, 5.74) is 6.07. The highest BCUT2D eigenvalue weighted by atomic mass is 32.2. The van der Waals surface area contributed by atoms with Gasteiger partial charge in [-0.1, -0.05) is 6.07 Å². The molecule has 1 saturated heterocycles. The van der Waals surface area contributed by atoms with E-state index < -0.39 is 16.2 Å². The quantitative estimate of drug-likeness (QED) is 0.690. The van der Waals surface area contributed by atoms with Gasteiger partial charge in [0.25, 0.3) is 0 Å². The lowest BCUT2D eigenvalue weighted by molar-refractivity contribution is 0.118. The Labute approximate surface area is 188 Å². The fourth-order valence-corrected chi connectivity index (χ4v) is 6.26. The molecule has 10 heteroatoms. The number of nitrogens with zero attached hydrogens (tertiary/aromatic N) is 3. The fourth-order valence-electron chi connectivity index (χ4n) is 5.13. The van der Waals surface area contributed by atoms with Crippen molar-refractivity contribution in [3.8, 4) is 0 Å². The first-order valence-electron chi connectivity index (χ1n) is 11.3. The smallest absolute Gasteiger partial charge is 0.334 e. The SMILES string of the molecule is Cn1cc(N(CC2CCCO2)S(=O)(=O)NC(=O)Nc2c3c(cc4c2CCC4)CCC3)cn1. The number of aryl methyl sites for hydroxylation is 3. The van der Waals surface area contributed by atoms with Crippen molar-refractivity contribution >= 4 is 27.6 Å². The molecular weight excluding hydrogens is 430 g/mol. The number of carbonyl (C=O) groups excluding carboxylic acids is 1. The maximum absolute atomic E-state index is 13.3. The van der Waals surface area contributed by atoms with Gasteiger partial charge in [-0.15, -0.1) is 0 Å². The molecule has 1 fully saturated rings. The normalized spacial score (nSPS) is 19.6. The van der Waals surface area contributed by atoms with Gasteiger partial charge in [-0.2, -0.15) is 13.5 Å². The molecular formula is C22H29N5O4S. The molecule has 2 aliphatic carbocycles. The molecule has 2 heterocycles. The van der Waals surface area contributed by atoms with Gasteiger partial charge in [0.1, 0.15) is 0 Å². The van der Waals surface area contributed by atoms with Gasteiger partial charge in [0, 0.05) is 25.5 Å². The van der Waals surface area contributed by atoms with Gasteiger partial charge in [-0.25, -0.2) is 13.8 Å². The second kappa shape index (κ2) is 8.40. The molecule has 0 saturated carbocycles. The molecule has 5 rings (SSSR count). The summed E-state index contributed by atoms with van der Waals surface area (Å²) in [6.45, 7) is 0.744. The van der Waals surface area contributed by atoms with Crippen molar-refractivity contribution in [1.82, 2.24) is 14.5 Å². The lowest BCUT2D eigenvalue weighted by atomic mass is 9.99. The molecule has 172 valence electrons. The Morgan fingerprint density at radius 2 is 1.91 bits per heavy atom. The van der Waals surface area contributed by atoms with Gasteiger partial charge in [0.2, 0.25) is 0 Å². The summed E-state index contributed by atoms with van der Waals surface area (Å²) in [4.78, 5) is 12.9. The molecule has 1 aliphatic heterocycles. The average molecular weight is 460 g/mol. The topological polar surface area (TPSA) is 106 Å². The number of fused-ring (bicyclic) bond motifs is 2. The van der Waals surface area contributed by atoms with Crippen molar-refractivity contribution in [3.05, 3.63) is 40.7 Å². The Hall–Kier alpha value is -2.59. The van der Waals surface area contributed by atoms with Crippen LogP contribution in [0, 0.1) is 0 Å². The molecule has 0 bridgehead atoms. The van der Waals surface area contributed by atoms with Gasteiger partial charge in [0.15, 0.2) is 0 Å². The number of ether oxygens (including phenoxy) is 1. The summed E-state index contributed by atoms with van der Waals surface area (Å²) in [6.07, 6.45) is 10.5. The van der Waals surface area contributed by atoms with E-state index in [2.05, 4.69) is 21.2 Å². The monoisotopic (exact) mass is 459 g/mol. The zero-order valence-corrected chi connectivity index (χ0v) is 19.1. The summed E-state index contributed by atoms with van der Waals surface area (Å²) in [5.74, 6) is 0. The molecule has 1 aromatic carbocycles. The molecule has 2 N–H and O–H groups in total. The Balaban J connectivity index is 1.38. The van der Waals surface area contributed by atoms with Crippen LogP contribution in [0.3, 0.4) is 0 Å². The maximum atomic E-state index is 13.3. The minimum atomic E-state index is -4.16. The molecule has 2 aromatic rings. The number of hydrogen-bond donors (Lipinski definition) is 2. The molecule has 9 nitrogen and oxygen atoms in total. The van der Waals surface area contributed by atoms with E-state index in [4.69, 9.17) is 4.74 Å². The van der Waals surface area contributed by atoms with Crippen LogP contribution in [0.25, 0.3) is 0 Å². The van der Waals surface area contributed by atoms with Gasteiger partial charge in [0.05, 0.1) is 24.5 Å². The van der Waals surface area contributed by atoms with E-state index in [1.807, 2.05) is 0 Å². The first-order valence-corrected chi connectivity index (χ1v) is 12.7. The zero-order chi connectivity index (χ0) is 22.3. The van der Waals surface area contributed by atoms with E-state index in [0.29, 0.717) is 12.3 Å². The lowest BCUT2D eigenvalue weighted by Gasteiger charge is -2.25. The number of hydrogen-bond acceptors (Lipinski definition) is 5. The largest absolute Gasteiger partial charge is 0.376 e. The second-order valence-corrected chi connectivity index (χ2v) is 10.4. The van der Waals surface area contributed by atoms with Crippen LogP contribution in [0.1, 0.15) is 47.9 Å². The van der Waals surface area contributed by atoms with Crippen LogP contribution in [-0.2, 0) is 47.7 Å². The maximum Gasteiger partial charge on any atom is 0.334 e. The number of urea groups is 1. The highest BCUT2D eigenvalue weighted by molar-refractivity contribution is 7.91. The second-order valence-electron chi connectivity index (χ2n) is 8.83. The van der Waals surface area contributed by atoms with E-state index in [0.717, 1.165) is 68.2 Å². The summed E-state index contributed by atoms with van der Waals surface area (Å²) in [6, 6.07) is 1.54. The Morgan fingerprint density at radius 3 is 2.50 bits per heavy atom. The third kappa shape index (κ3) is 4.09.